The summed E-state index contributed by atoms with van der Waals surface area (Å²) in [5.41, 5.74) is 7.16. The summed E-state index contributed by atoms with van der Waals surface area (Å²) in [6, 6.07) is 8.81. The van der Waals surface area contributed by atoms with Gasteiger partial charge in [0.15, 0.2) is 0 Å². The van der Waals surface area contributed by atoms with E-state index in [1.807, 2.05) is 24.3 Å². The van der Waals surface area contributed by atoms with E-state index in [4.69, 9.17) is 5.73 Å². The number of aromatic nitrogens is 1. The number of carbonyl (C=O) groups excluding carboxylic acids is 2. The standard InChI is InChI=1S/C20H26N4O4S/c1-14(2)15-4-6-16(7-5-15)20(26)23-8-10-24(11-9-23)29(27,28)17-12-18(19(21)25)22(3)13-17/h4-7,12-14H,8-11H2,1-3H3,(H2,21,25). The molecule has 1 aliphatic heterocycles. The number of primary amides is 1. The Hall–Kier alpha value is -2.65. The fourth-order valence-corrected chi connectivity index (χ4v) is 4.89. The number of sulfonamides is 1. The maximum atomic E-state index is 12.9. The van der Waals surface area contributed by atoms with Crippen LogP contribution in [-0.4, -0.2) is 60.2 Å². The monoisotopic (exact) mass is 418 g/mol. The highest BCUT2D eigenvalue weighted by molar-refractivity contribution is 7.89. The van der Waals surface area contributed by atoms with Gasteiger partial charge in [-0.1, -0.05) is 26.0 Å². The average molecular weight is 419 g/mol. The number of amides is 2. The molecule has 0 aliphatic carbocycles. The Kier molecular flexibility index (Phi) is 5.81. The van der Waals surface area contributed by atoms with Crippen LogP contribution >= 0.6 is 0 Å². The first kappa shape index (κ1) is 21.1. The Morgan fingerprint density at radius 2 is 1.62 bits per heavy atom. The molecule has 0 atom stereocenters. The van der Waals surface area contributed by atoms with Gasteiger partial charge in [-0.2, -0.15) is 4.31 Å². The molecule has 0 spiro atoms. The Bertz CT molecular complexity index is 1020. The Morgan fingerprint density at radius 3 is 2.10 bits per heavy atom. The molecular weight excluding hydrogens is 392 g/mol. The first-order valence-corrected chi connectivity index (χ1v) is 10.9. The molecule has 156 valence electrons. The predicted molar refractivity (Wildman–Crippen MR) is 109 cm³/mol. The van der Waals surface area contributed by atoms with Crippen molar-refractivity contribution in [2.24, 2.45) is 12.8 Å². The minimum atomic E-state index is -3.76. The molecule has 2 heterocycles. The van der Waals surface area contributed by atoms with Crippen LogP contribution in [0.5, 0.6) is 0 Å². The largest absolute Gasteiger partial charge is 0.364 e. The van der Waals surface area contributed by atoms with E-state index in [-0.39, 0.29) is 29.6 Å². The number of nitrogens with zero attached hydrogens (tertiary/aromatic N) is 3. The Morgan fingerprint density at radius 1 is 1.03 bits per heavy atom. The Balaban J connectivity index is 1.68. The number of rotatable bonds is 5. The number of hydrogen-bond donors (Lipinski definition) is 1. The zero-order valence-corrected chi connectivity index (χ0v) is 17.6. The van der Waals surface area contributed by atoms with Crippen molar-refractivity contribution in [2.45, 2.75) is 24.7 Å². The van der Waals surface area contributed by atoms with Crippen LogP contribution < -0.4 is 5.73 Å². The molecule has 0 saturated carbocycles. The van der Waals surface area contributed by atoms with Crippen molar-refractivity contribution < 1.29 is 18.0 Å². The molecule has 0 bridgehead atoms. The van der Waals surface area contributed by atoms with Gasteiger partial charge >= 0.3 is 0 Å². The number of aryl methyl sites for hydroxylation is 1. The Labute approximate surface area is 170 Å². The topological polar surface area (TPSA) is 106 Å². The number of carbonyl (C=O) groups is 2. The summed E-state index contributed by atoms with van der Waals surface area (Å²) in [6.45, 7) is 5.18. The summed E-state index contributed by atoms with van der Waals surface area (Å²) in [4.78, 5) is 25.8. The lowest BCUT2D eigenvalue weighted by Gasteiger charge is -2.33. The van der Waals surface area contributed by atoms with Crippen LogP contribution in [0.25, 0.3) is 0 Å². The van der Waals surface area contributed by atoms with E-state index in [1.54, 1.807) is 11.9 Å². The van der Waals surface area contributed by atoms with Crippen molar-refractivity contribution >= 4 is 21.8 Å². The van der Waals surface area contributed by atoms with E-state index in [2.05, 4.69) is 13.8 Å². The third kappa shape index (κ3) is 4.20. The van der Waals surface area contributed by atoms with Crippen molar-refractivity contribution in [3.63, 3.8) is 0 Å². The van der Waals surface area contributed by atoms with Crippen LogP contribution in [0.3, 0.4) is 0 Å². The summed E-state index contributed by atoms with van der Waals surface area (Å²) >= 11 is 0. The van der Waals surface area contributed by atoms with Crippen LogP contribution in [0, 0.1) is 0 Å². The second-order valence-electron chi connectivity index (χ2n) is 7.51. The van der Waals surface area contributed by atoms with Crippen molar-refractivity contribution in [3.8, 4) is 0 Å². The van der Waals surface area contributed by atoms with Gasteiger partial charge in [-0.3, -0.25) is 9.59 Å². The van der Waals surface area contributed by atoms with Gasteiger partial charge in [-0.25, -0.2) is 8.42 Å². The first-order chi connectivity index (χ1) is 13.6. The molecular formula is C20H26N4O4S. The lowest BCUT2D eigenvalue weighted by atomic mass is 10.0. The zero-order chi connectivity index (χ0) is 21.3. The van der Waals surface area contributed by atoms with Crippen LogP contribution in [0.4, 0.5) is 0 Å². The van der Waals surface area contributed by atoms with Gasteiger partial charge in [0.05, 0.1) is 0 Å². The zero-order valence-electron chi connectivity index (χ0n) is 16.8. The van der Waals surface area contributed by atoms with Crippen molar-refractivity contribution in [3.05, 3.63) is 53.3 Å². The summed E-state index contributed by atoms with van der Waals surface area (Å²) in [5.74, 6) is -0.401. The summed E-state index contributed by atoms with van der Waals surface area (Å²) in [5, 5.41) is 0. The van der Waals surface area contributed by atoms with Crippen molar-refractivity contribution in [1.29, 1.82) is 0 Å². The van der Waals surface area contributed by atoms with Crippen LogP contribution in [0.15, 0.2) is 41.4 Å². The normalized spacial score (nSPS) is 15.7. The molecule has 1 aromatic carbocycles. The second kappa shape index (κ2) is 8.00. The van der Waals surface area contributed by atoms with Crippen LogP contribution in [0.2, 0.25) is 0 Å². The fourth-order valence-electron chi connectivity index (χ4n) is 3.39. The van der Waals surface area contributed by atoms with E-state index >= 15 is 0 Å². The van der Waals surface area contributed by atoms with E-state index < -0.39 is 15.9 Å². The molecule has 2 amide bonds. The van der Waals surface area contributed by atoms with E-state index in [0.717, 1.165) is 5.56 Å². The van der Waals surface area contributed by atoms with Gasteiger partial charge in [0.2, 0.25) is 10.0 Å². The fraction of sp³-hybridized carbons (Fsp3) is 0.400. The van der Waals surface area contributed by atoms with Crippen molar-refractivity contribution in [1.82, 2.24) is 13.8 Å². The highest BCUT2D eigenvalue weighted by Crippen LogP contribution is 2.21. The molecule has 3 rings (SSSR count). The predicted octanol–water partition coefficient (Wildman–Crippen LogP) is 1.39. The maximum absolute atomic E-state index is 12.9. The molecule has 2 aromatic rings. The molecule has 9 heteroatoms. The SMILES string of the molecule is CC(C)c1ccc(C(=O)N2CCN(S(=O)(=O)c3cc(C(N)=O)n(C)c3)CC2)cc1. The van der Waals surface area contributed by atoms with Gasteiger partial charge in [0.25, 0.3) is 11.8 Å². The first-order valence-electron chi connectivity index (χ1n) is 9.47. The van der Waals surface area contributed by atoms with Gasteiger partial charge in [-0.15, -0.1) is 0 Å². The molecule has 29 heavy (non-hydrogen) atoms. The third-order valence-electron chi connectivity index (χ3n) is 5.22. The van der Waals surface area contributed by atoms with Crippen LogP contribution in [0.1, 0.15) is 46.2 Å². The van der Waals surface area contributed by atoms with Crippen LogP contribution in [-0.2, 0) is 17.1 Å². The number of nitrogens with two attached hydrogens (primary N) is 1. The molecule has 1 aromatic heterocycles. The highest BCUT2D eigenvalue weighted by atomic mass is 32.2. The smallest absolute Gasteiger partial charge is 0.265 e. The molecule has 8 nitrogen and oxygen atoms in total. The number of hydrogen-bond acceptors (Lipinski definition) is 4. The molecule has 1 saturated heterocycles. The lowest BCUT2D eigenvalue weighted by molar-refractivity contribution is 0.0697. The third-order valence-corrected chi connectivity index (χ3v) is 7.08. The lowest BCUT2D eigenvalue weighted by Crippen LogP contribution is -2.50. The van der Waals surface area contributed by atoms with Gasteiger partial charge in [-0.05, 0) is 29.7 Å². The molecule has 0 unspecified atom stereocenters. The number of piperazine rings is 1. The van der Waals surface area contributed by atoms with Gasteiger partial charge < -0.3 is 15.2 Å². The van der Waals surface area contributed by atoms with Crippen molar-refractivity contribution in [2.75, 3.05) is 26.2 Å². The molecule has 2 N–H and O–H groups in total. The summed E-state index contributed by atoms with van der Waals surface area (Å²) in [7, 11) is -2.19. The molecule has 0 radical (unpaired) electrons. The number of benzene rings is 1. The molecule has 1 aliphatic rings. The highest BCUT2D eigenvalue weighted by Gasteiger charge is 2.31. The summed E-state index contributed by atoms with van der Waals surface area (Å²) in [6.07, 6.45) is 1.38. The average Bonchev–Trinajstić information content (AvgIpc) is 3.10. The second-order valence-corrected chi connectivity index (χ2v) is 9.45. The maximum Gasteiger partial charge on any atom is 0.265 e. The minimum Gasteiger partial charge on any atom is -0.364 e. The quantitative estimate of drug-likeness (QED) is 0.792. The van der Waals surface area contributed by atoms with Gasteiger partial charge in [0, 0.05) is 45.0 Å². The van der Waals surface area contributed by atoms with E-state index in [9.17, 15) is 18.0 Å². The van der Waals surface area contributed by atoms with E-state index in [0.29, 0.717) is 24.6 Å². The van der Waals surface area contributed by atoms with Gasteiger partial charge in [0.1, 0.15) is 10.6 Å². The molecule has 1 fully saturated rings. The van der Waals surface area contributed by atoms with E-state index in [1.165, 1.54) is 21.1 Å². The minimum absolute atomic E-state index is 0.0258. The summed E-state index contributed by atoms with van der Waals surface area (Å²) < 4.78 is 28.5.